The monoisotopic (exact) mass is 408 g/mol. The van der Waals surface area contributed by atoms with Gasteiger partial charge in [0.25, 0.3) is 5.91 Å². The second-order valence-corrected chi connectivity index (χ2v) is 7.32. The lowest BCUT2D eigenvalue weighted by molar-refractivity contribution is 0.0951. The molecule has 1 aromatic heterocycles. The second kappa shape index (κ2) is 9.67. The molecule has 0 fully saturated rings. The van der Waals surface area contributed by atoms with Crippen LogP contribution in [-0.4, -0.2) is 15.9 Å². The van der Waals surface area contributed by atoms with Gasteiger partial charge in [0.2, 0.25) is 5.95 Å². The van der Waals surface area contributed by atoms with Crippen LogP contribution >= 0.6 is 0 Å². The van der Waals surface area contributed by atoms with E-state index in [-0.39, 0.29) is 5.91 Å². The molecule has 0 aliphatic heterocycles. The molecule has 154 valence electrons. The van der Waals surface area contributed by atoms with Gasteiger partial charge in [-0.15, -0.1) is 0 Å². The van der Waals surface area contributed by atoms with E-state index < -0.39 is 0 Å². The first-order valence-corrected chi connectivity index (χ1v) is 10.2. The summed E-state index contributed by atoms with van der Waals surface area (Å²) in [6, 6.07) is 25.6. The summed E-state index contributed by atoms with van der Waals surface area (Å²) in [5, 5.41) is 6.20. The zero-order valence-corrected chi connectivity index (χ0v) is 17.4. The SMILES string of the molecule is Cc1ccccc1CNC(=O)c1ccc(-c2cnc(NCc3ccccc3)nc2)cc1. The number of anilines is 1. The maximum atomic E-state index is 12.5. The molecule has 1 amide bonds. The Morgan fingerprint density at radius 1 is 0.774 bits per heavy atom. The molecule has 2 N–H and O–H groups in total. The molecule has 0 aliphatic rings. The Labute approximate surface area is 182 Å². The largest absolute Gasteiger partial charge is 0.350 e. The number of carbonyl (C=O) groups excluding carboxylic acids is 1. The highest BCUT2D eigenvalue weighted by Crippen LogP contribution is 2.19. The number of nitrogens with zero attached hydrogens (tertiary/aromatic N) is 2. The highest BCUT2D eigenvalue weighted by Gasteiger charge is 2.07. The van der Waals surface area contributed by atoms with Crippen molar-refractivity contribution < 1.29 is 4.79 Å². The molecule has 1 heterocycles. The molecule has 0 saturated heterocycles. The van der Waals surface area contributed by atoms with E-state index in [1.807, 2.05) is 73.7 Å². The average Bonchev–Trinajstić information content (AvgIpc) is 2.83. The van der Waals surface area contributed by atoms with Gasteiger partial charge in [0.05, 0.1) is 0 Å². The van der Waals surface area contributed by atoms with E-state index in [4.69, 9.17) is 0 Å². The predicted octanol–water partition coefficient (Wildman–Crippen LogP) is 4.99. The Kier molecular flexibility index (Phi) is 6.33. The highest BCUT2D eigenvalue weighted by molar-refractivity contribution is 5.94. The number of benzene rings is 3. The van der Waals surface area contributed by atoms with Crippen LogP contribution in [0, 0.1) is 6.92 Å². The summed E-state index contributed by atoms with van der Waals surface area (Å²) < 4.78 is 0. The zero-order chi connectivity index (χ0) is 21.5. The highest BCUT2D eigenvalue weighted by atomic mass is 16.1. The molecule has 0 unspecified atom stereocenters. The third-order valence-corrected chi connectivity index (χ3v) is 5.13. The summed E-state index contributed by atoms with van der Waals surface area (Å²) >= 11 is 0. The minimum Gasteiger partial charge on any atom is -0.350 e. The van der Waals surface area contributed by atoms with E-state index in [9.17, 15) is 4.79 Å². The van der Waals surface area contributed by atoms with Gasteiger partial charge in [-0.1, -0.05) is 66.7 Å². The quantitative estimate of drug-likeness (QED) is 0.452. The Hall–Kier alpha value is -3.99. The minimum absolute atomic E-state index is 0.0912. The number of aryl methyl sites for hydroxylation is 1. The van der Waals surface area contributed by atoms with Gasteiger partial charge in [-0.2, -0.15) is 0 Å². The van der Waals surface area contributed by atoms with E-state index >= 15 is 0 Å². The van der Waals surface area contributed by atoms with E-state index in [1.54, 1.807) is 12.4 Å². The molecular weight excluding hydrogens is 384 g/mol. The van der Waals surface area contributed by atoms with Gasteiger partial charge in [-0.25, -0.2) is 9.97 Å². The number of hydrogen-bond donors (Lipinski definition) is 2. The van der Waals surface area contributed by atoms with Crippen LogP contribution in [0.15, 0.2) is 91.3 Å². The van der Waals surface area contributed by atoms with Crippen LogP contribution in [0.2, 0.25) is 0 Å². The van der Waals surface area contributed by atoms with Crippen molar-refractivity contribution in [3.05, 3.63) is 114 Å². The summed E-state index contributed by atoms with van der Waals surface area (Å²) in [5.74, 6) is 0.492. The maximum absolute atomic E-state index is 12.5. The summed E-state index contributed by atoms with van der Waals surface area (Å²) in [7, 11) is 0. The topological polar surface area (TPSA) is 66.9 Å². The third kappa shape index (κ3) is 5.34. The summed E-state index contributed by atoms with van der Waals surface area (Å²) in [4.78, 5) is 21.3. The second-order valence-electron chi connectivity index (χ2n) is 7.32. The van der Waals surface area contributed by atoms with Gasteiger partial charge in [-0.05, 0) is 41.3 Å². The van der Waals surface area contributed by atoms with E-state index in [0.717, 1.165) is 16.7 Å². The van der Waals surface area contributed by atoms with Crippen LogP contribution in [0.3, 0.4) is 0 Å². The number of carbonyl (C=O) groups is 1. The fourth-order valence-electron chi connectivity index (χ4n) is 3.25. The molecule has 31 heavy (non-hydrogen) atoms. The van der Waals surface area contributed by atoms with Crippen molar-refractivity contribution in [2.75, 3.05) is 5.32 Å². The van der Waals surface area contributed by atoms with Crippen molar-refractivity contribution in [1.82, 2.24) is 15.3 Å². The molecule has 3 aromatic carbocycles. The maximum Gasteiger partial charge on any atom is 0.251 e. The molecule has 4 aromatic rings. The van der Waals surface area contributed by atoms with E-state index in [0.29, 0.717) is 24.6 Å². The number of nitrogens with one attached hydrogen (secondary N) is 2. The Morgan fingerprint density at radius 2 is 1.45 bits per heavy atom. The molecule has 0 aliphatic carbocycles. The molecule has 0 spiro atoms. The fraction of sp³-hybridized carbons (Fsp3) is 0.115. The first kappa shape index (κ1) is 20.3. The van der Waals surface area contributed by atoms with Crippen molar-refractivity contribution in [2.45, 2.75) is 20.0 Å². The lowest BCUT2D eigenvalue weighted by Crippen LogP contribution is -2.23. The van der Waals surface area contributed by atoms with Crippen molar-refractivity contribution in [3.63, 3.8) is 0 Å². The van der Waals surface area contributed by atoms with Crippen molar-refractivity contribution >= 4 is 11.9 Å². The van der Waals surface area contributed by atoms with Gasteiger partial charge in [-0.3, -0.25) is 4.79 Å². The smallest absolute Gasteiger partial charge is 0.251 e. The van der Waals surface area contributed by atoms with E-state index in [2.05, 4.69) is 32.7 Å². The first-order valence-electron chi connectivity index (χ1n) is 10.2. The number of aromatic nitrogens is 2. The number of hydrogen-bond acceptors (Lipinski definition) is 4. The van der Waals surface area contributed by atoms with Gasteiger partial charge in [0, 0.05) is 36.6 Å². The summed E-state index contributed by atoms with van der Waals surface area (Å²) in [6.07, 6.45) is 3.57. The van der Waals surface area contributed by atoms with Crippen molar-refractivity contribution in [1.29, 1.82) is 0 Å². The standard InChI is InChI=1S/C26H24N4O/c1-19-7-5-6-10-23(19)16-27-25(31)22-13-11-21(12-14-22)24-17-29-26(30-18-24)28-15-20-8-3-2-4-9-20/h2-14,17-18H,15-16H2,1H3,(H,27,31)(H,28,29,30). The van der Waals surface area contributed by atoms with Gasteiger partial charge in [0.1, 0.15) is 0 Å². The Balaban J connectivity index is 1.35. The normalized spacial score (nSPS) is 10.5. The van der Waals surface area contributed by atoms with Crippen LogP contribution in [-0.2, 0) is 13.1 Å². The van der Waals surface area contributed by atoms with Gasteiger partial charge in [0.15, 0.2) is 0 Å². The molecule has 0 saturated carbocycles. The van der Waals surface area contributed by atoms with Gasteiger partial charge >= 0.3 is 0 Å². The van der Waals surface area contributed by atoms with Crippen molar-refractivity contribution in [3.8, 4) is 11.1 Å². The van der Waals surface area contributed by atoms with Crippen LogP contribution in [0.25, 0.3) is 11.1 Å². The third-order valence-electron chi connectivity index (χ3n) is 5.13. The Bertz CT molecular complexity index is 1140. The number of rotatable bonds is 7. The lowest BCUT2D eigenvalue weighted by atomic mass is 10.1. The van der Waals surface area contributed by atoms with Crippen LogP contribution < -0.4 is 10.6 Å². The predicted molar refractivity (Wildman–Crippen MR) is 124 cm³/mol. The molecule has 0 radical (unpaired) electrons. The van der Waals surface area contributed by atoms with Crippen LogP contribution in [0.1, 0.15) is 27.0 Å². The number of amides is 1. The summed E-state index contributed by atoms with van der Waals surface area (Å²) in [6.45, 7) is 3.23. The molecule has 5 heteroatoms. The summed E-state index contributed by atoms with van der Waals surface area (Å²) in [5.41, 5.74) is 5.94. The molecular formula is C26H24N4O. The minimum atomic E-state index is -0.0912. The van der Waals surface area contributed by atoms with Crippen molar-refractivity contribution in [2.24, 2.45) is 0 Å². The van der Waals surface area contributed by atoms with Crippen LogP contribution in [0.5, 0.6) is 0 Å². The molecule has 0 bridgehead atoms. The van der Waals surface area contributed by atoms with Crippen LogP contribution in [0.4, 0.5) is 5.95 Å². The fourth-order valence-corrected chi connectivity index (χ4v) is 3.25. The lowest BCUT2D eigenvalue weighted by Gasteiger charge is -2.09. The molecule has 4 rings (SSSR count). The average molecular weight is 409 g/mol. The van der Waals surface area contributed by atoms with E-state index in [1.165, 1.54) is 11.1 Å². The molecule has 5 nitrogen and oxygen atoms in total. The first-order chi connectivity index (χ1) is 15.2. The van der Waals surface area contributed by atoms with Gasteiger partial charge < -0.3 is 10.6 Å². The molecule has 0 atom stereocenters. The Morgan fingerprint density at radius 3 is 2.16 bits per heavy atom. The zero-order valence-electron chi connectivity index (χ0n) is 17.4.